The van der Waals surface area contributed by atoms with Crippen LogP contribution in [0.15, 0.2) is 60.7 Å². The third-order valence-corrected chi connectivity index (χ3v) is 7.79. The molecule has 35 heavy (non-hydrogen) atoms. The molecule has 0 atom stereocenters. The lowest BCUT2D eigenvalue weighted by atomic mass is 9.98. The van der Waals surface area contributed by atoms with Gasteiger partial charge in [0.05, 0.1) is 6.67 Å². The average molecular weight is 490 g/mol. The molecule has 0 bridgehead atoms. The van der Waals surface area contributed by atoms with Crippen molar-refractivity contribution in [3.63, 3.8) is 0 Å². The summed E-state index contributed by atoms with van der Waals surface area (Å²) in [7, 11) is 0. The van der Waals surface area contributed by atoms with Crippen molar-refractivity contribution in [1.82, 2.24) is 4.90 Å². The Morgan fingerprint density at radius 3 is 2.49 bits per heavy atom. The van der Waals surface area contributed by atoms with Gasteiger partial charge in [-0.25, -0.2) is 0 Å². The van der Waals surface area contributed by atoms with Crippen molar-refractivity contribution in [2.24, 2.45) is 5.92 Å². The summed E-state index contributed by atoms with van der Waals surface area (Å²) in [6, 6.07) is 18.8. The van der Waals surface area contributed by atoms with Gasteiger partial charge in [-0.05, 0) is 67.3 Å². The van der Waals surface area contributed by atoms with Crippen LogP contribution in [-0.4, -0.2) is 42.1 Å². The number of phenolic OH excluding ortho intramolecular Hbond substituents is 1. The molecule has 4 aromatic rings. The normalized spacial score (nSPS) is 14.3. The number of ether oxygens (including phenoxy) is 1. The van der Waals surface area contributed by atoms with Gasteiger partial charge in [-0.2, -0.15) is 0 Å². The lowest BCUT2D eigenvalue weighted by Crippen LogP contribution is -2.48. The van der Waals surface area contributed by atoms with Crippen molar-refractivity contribution in [3.8, 4) is 17.2 Å². The first-order chi connectivity index (χ1) is 16.9. The van der Waals surface area contributed by atoms with E-state index in [4.69, 9.17) is 4.74 Å². The van der Waals surface area contributed by atoms with E-state index in [2.05, 4.69) is 4.90 Å². The van der Waals surface area contributed by atoms with Crippen molar-refractivity contribution >= 4 is 27.2 Å². The van der Waals surface area contributed by atoms with Crippen molar-refractivity contribution < 1.29 is 19.0 Å². The Labute approximate surface area is 208 Å². The number of fused-ring (bicyclic) bond motifs is 1. The second-order valence-corrected chi connectivity index (χ2v) is 10.4. The van der Waals surface area contributed by atoms with Gasteiger partial charge in [-0.1, -0.05) is 30.3 Å². The minimum Gasteiger partial charge on any atom is -0.508 e. The standard InChI is InChI=1S/C29H28FNO3S/c1-18-4-3-5-19(2)26(18)27(33)29-28(24-11-8-22(32)14-25(24)35-29)34-23-9-6-20(7-10-23)12-13-31-16-21(15-30)17-31/h3-11,14,21,32H,12-13,15-17H2,1-2H3. The molecular formula is C29H28FNO3S. The molecule has 1 saturated heterocycles. The first-order valence-electron chi connectivity index (χ1n) is 11.8. The second-order valence-electron chi connectivity index (χ2n) is 9.31. The van der Waals surface area contributed by atoms with Gasteiger partial charge in [-0.3, -0.25) is 9.18 Å². The zero-order valence-electron chi connectivity index (χ0n) is 19.9. The molecule has 0 unspecified atom stereocenters. The Hall–Kier alpha value is -3.22. The van der Waals surface area contributed by atoms with Crippen LogP contribution in [0.5, 0.6) is 17.2 Å². The van der Waals surface area contributed by atoms with Crippen LogP contribution in [0.1, 0.15) is 31.9 Å². The van der Waals surface area contributed by atoms with E-state index in [0.717, 1.165) is 47.3 Å². The molecule has 0 amide bonds. The Bertz CT molecular complexity index is 1350. The average Bonchev–Trinajstić information content (AvgIpc) is 3.16. The van der Waals surface area contributed by atoms with Gasteiger partial charge >= 0.3 is 0 Å². The van der Waals surface area contributed by atoms with E-state index >= 15 is 0 Å². The third-order valence-electron chi connectivity index (χ3n) is 6.65. The first kappa shape index (κ1) is 23.5. The molecule has 4 nitrogen and oxygen atoms in total. The van der Waals surface area contributed by atoms with Crippen LogP contribution in [-0.2, 0) is 6.42 Å². The minimum absolute atomic E-state index is 0.0750. The zero-order chi connectivity index (χ0) is 24.5. The van der Waals surface area contributed by atoms with Gasteiger partial charge in [0.1, 0.15) is 16.4 Å². The molecule has 5 rings (SSSR count). The number of halogens is 1. The molecule has 180 valence electrons. The second kappa shape index (κ2) is 9.80. The van der Waals surface area contributed by atoms with Gasteiger partial charge in [-0.15, -0.1) is 11.3 Å². The topological polar surface area (TPSA) is 49.8 Å². The Kier molecular flexibility index (Phi) is 6.58. The van der Waals surface area contributed by atoms with Crippen molar-refractivity contribution in [3.05, 3.63) is 87.8 Å². The summed E-state index contributed by atoms with van der Waals surface area (Å²) in [4.78, 5) is 16.5. The Morgan fingerprint density at radius 2 is 1.80 bits per heavy atom. The number of hydrogen-bond acceptors (Lipinski definition) is 5. The highest BCUT2D eigenvalue weighted by atomic mass is 32.1. The van der Waals surface area contributed by atoms with Crippen molar-refractivity contribution in [2.45, 2.75) is 20.3 Å². The highest BCUT2D eigenvalue weighted by Crippen LogP contribution is 2.43. The van der Waals surface area contributed by atoms with Crippen LogP contribution in [0.3, 0.4) is 0 Å². The van der Waals surface area contributed by atoms with E-state index in [1.807, 2.05) is 56.3 Å². The lowest BCUT2D eigenvalue weighted by Gasteiger charge is -2.37. The number of hydrogen-bond donors (Lipinski definition) is 1. The number of nitrogens with zero attached hydrogens (tertiary/aromatic N) is 1. The lowest BCUT2D eigenvalue weighted by molar-refractivity contribution is 0.0824. The quantitative estimate of drug-likeness (QED) is 0.280. The molecule has 0 saturated carbocycles. The van der Waals surface area contributed by atoms with E-state index in [1.165, 1.54) is 16.9 Å². The summed E-state index contributed by atoms with van der Waals surface area (Å²) in [5.41, 5.74) is 3.72. The largest absolute Gasteiger partial charge is 0.508 e. The SMILES string of the molecule is Cc1cccc(C)c1C(=O)c1sc2cc(O)ccc2c1Oc1ccc(CCN2CC(CF)C2)cc1. The summed E-state index contributed by atoms with van der Waals surface area (Å²) in [5.74, 6) is 1.45. The highest BCUT2D eigenvalue weighted by molar-refractivity contribution is 7.21. The smallest absolute Gasteiger partial charge is 0.207 e. The fourth-order valence-electron chi connectivity index (χ4n) is 4.68. The Balaban J connectivity index is 1.41. The Morgan fingerprint density at radius 1 is 1.09 bits per heavy atom. The summed E-state index contributed by atoms with van der Waals surface area (Å²) in [6.45, 7) is 6.26. The number of thiophene rings is 1. The zero-order valence-corrected chi connectivity index (χ0v) is 20.7. The number of rotatable bonds is 8. The van der Waals surface area contributed by atoms with E-state index in [9.17, 15) is 14.3 Å². The van der Waals surface area contributed by atoms with Crippen LogP contribution >= 0.6 is 11.3 Å². The minimum atomic E-state index is -0.229. The summed E-state index contributed by atoms with van der Waals surface area (Å²) < 4.78 is 19.8. The monoisotopic (exact) mass is 489 g/mol. The maximum absolute atomic E-state index is 13.7. The molecule has 1 N–H and O–H groups in total. The van der Waals surface area contributed by atoms with Crippen LogP contribution < -0.4 is 4.74 Å². The number of ketones is 1. The van der Waals surface area contributed by atoms with Crippen LogP contribution in [0.25, 0.3) is 10.1 Å². The molecule has 3 aromatic carbocycles. The molecule has 1 aliphatic heterocycles. The molecule has 1 fully saturated rings. The molecule has 0 radical (unpaired) electrons. The first-order valence-corrected chi connectivity index (χ1v) is 12.7. The van der Waals surface area contributed by atoms with Gasteiger partial charge < -0.3 is 14.7 Å². The maximum Gasteiger partial charge on any atom is 0.207 e. The number of carbonyl (C=O) groups excluding carboxylic acids is 1. The summed E-state index contributed by atoms with van der Waals surface area (Å²) in [5, 5.41) is 10.8. The van der Waals surface area contributed by atoms with Gasteiger partial charge in [0, 0.05) is 41.2 Å². The summed E-state index contributed by atoms with van der Waals surface area (Å²) in [6.07, 6.45) is 0.899. The number of aromatic hydroxyl groups is 1. The number of benzene rings is 3. The third kappa shape index (κ3) is 4.81. The van der Waals surface area contributed by atoms with E-state index in [-0.39, 0.29) is 24.1 Å². The van der Waals surface area contributed by atoms with Crippen molar-refractivity contribution in [1.29, 1.82) is 0 Å². The molecule has 1 aromatic heterocycles. The van der Waals surface area contributed by atoms with Gasteiger partial charge in [0.2, 0.25) is 5.78 Å². The van der Waals surface area contributed by atoms with E-state index < -0.39 is 0 Å². The molecule has 2 heterocycles. The van der Waals surface area contributed by atoms with Gasteiger partial charge in [0.25, 0.3) is 0 Å². The predicted molar refractivity (Wildman–Crippen MR) is 139 cm³/mol. The molecule has 0 spiro atoms. The molecule has 6 heteroatoms. The van der Waals surface area contributed by atoms with E-state index in [0.29, 0.717) is 21.9 Å². The van der Waals surface area contributed by atoms with Crippen LogP contribution in [0, 0.1) is 19.8 Å². The maximum atomic E-state index is 13.7. The van der Waals surface area contributed by atoms with Crippen LogP contribution in [0.4, 0.5) is 4.39 Å². The van der Waals surface area contributed by atoms with Gasteiger partial charge in [0.15, 0.2) is 5.75 Å². The number of aryl methyl sites for hydroxylation is 2. The fraction of sp³-hybridized carbons (Fsp3) is 0.276. The molecule has 1 aliphatic rings. The van der Waals surface area contributed by atoms with Crippen molar-refractivity contribution in [2.75, 3.05) is 26.3 Å². The van der Waals surface area contributed by atoms with E-state index in [1.54, 1.807) is 18.2 Å². The number of likely N-dealkylation sites (tertiary alicyclic amines) is 1. The fourth-order valence-corrected chi connectivity index (χ4v) is 5.79. The molecule has 0 aliphatic carbocycles. The number of phenols is 1. The highest BCUT2D eigenvalue weighted by Gasteiger charge is 2.26. The molecular weight excluding hydrogens is 461 g/mol. The number of alkyl halides is 1. The predicted octanol–water partition coefficient (Wildman–Crippen LogP) is 6.69. The van der Waals surface area contributed by atoms with Crippen LogP contribution in [0.2, 0.25) is 0 Å². The summed E-state index contributed by atoms with van der Waals surface area (Å²) >= 11 is 1.34. The number of carbonyl (C=O) groups is 1.